The fraction of sp³-hybridized carbons (Fsp3) is 0.636. The molecule has 0 fully saturated rings. The normalized spacial score (nSPS) is 15.1. The van der Waals surface area contributed by atoms with Gasteiger partial charge in [0.25, 0.3) is 0 Å². The van der Waals surface area contributed by atoms with Gasteiger partial charge in [0, 0.05) is 5.71 Å². The van der Waals surface area contributed by atoms with Gasteiger partial charge in [-0.05, 0) is 41.5 Å². The molecule has 80 valence electrons. The summed E-state index contributed by atoms with van der Waals surface area (Å²) in [6, 6.07) is 0. The summed E-state index contributed by atoms with van der Waals surface area (Å²) in [5.41, 5.74) is 0.671. The van der Waals surface area contributed by atoms with Crippen molar-refractivity contribution in [1.82, 2.24) is 0 Å². The second-order valence-electron chi connectivity index (χ2n) is 4.38. The standard InChI is InChI=1S/C11H19NO2/c1-7(12-11(4,5)6)10(8(2)13)9(3)14/h13H,1-6H3/b10-8-,12-7?. The van der Waals surface area contributed by atoms with Crippen LogP contribution in [0, 0.1) is 0 Å². The number of aliphatic hydroxyl groups is 1. The maximum Gasteiger partial charge on any atom is 0.164 e. The molecule has 0 bridgehead atoms. The number of hydrogen-bond donors (Lipinski definition) is 1. The molecule has 0 aliphatic heterocycles. The molecule has 0 aromatic carbocycles. The van der Waals surface area contributed by atoms with E-state index >= 15 is 0 Å². The first-order valence-corrected chi connectivity index (χ1v) is 4.62. The van der Waals surface area contributed by atoms with Crippen LogP contribution < -0.4 is 0 Å². The van der Waals surface area contributed by atoms with Gasteiger partial charge in [0.2, 0.25) is 0 Å². The average Bonchev–Trinajstić information content (AvgIpc) is 1.78. The van der Waals surface area contributed by atoms with E-state index in [-0.39, 0.29) is 17.1 Å². The van der Waals surface area contributed by atoms with Gasteiger partial charge in [0.1, 0.15) is 5.76 Å². The molecule has 0 saturated heterocycles. The third kappa shape index (κ3) is 4.21. The largest absolute Gasteiger partial charge is 0.512 e. The highest BCUT2D eigenvalue weighted by atomic mass is 16.3. The molecule has 0 aromatic heterocycles. The average molecular weight is 197 g/mol. The molecule has 0 spiro atoms. The Morgan fingerprint density at radius 1 is 1.14 bits per heavy atom. The van der Waals surface area contributed by atoms with Crippen molar-refractivity contribution in [1.29, 1.82) is 0 Å². The molecule has 0 heterocycles. The lowest BCUT2D eigenvalue weighted by atomic mass is 10.0. The zero-order chi connectivity index (χ0) is 11.5. The van der Waals surface area contributed by atoms with Crippen LogP contribution in [0.25, 0.3) is 0 Å². The number of carbonyl (C=O) groups is 1. The molecule has 3 nitrogen and oxygen atoms in total. The Labute approximate surface area is 85.6 Å². The van der Waals surface area contributed by atoms with E-state index in [1.54, 1.807) is 6.92 Å². The van der Waals surface area contributed by atoms with Gasteiger partial charge in [-0.1, -0.05) is 0 Å². The van der Waals surface area contributed by atoms with Crippen molar-refractivity contribution in [3.8, 4) is 0 Å². The molecule has 0 aliphatic carbocycles. The zero-order valence-corrected chi connectivity index (χ0v) is 9.80. The van der Waals surface area contributed by atoms with Gasteiger partial charge in [0.15, 0.2) is 5.78 Å². The number of nitrogens with zero attached hydrogens (tertiary/aromatic N) is 1. The van der Waals surface area contributed by atoms with Gasteiger partial charge in [0.05, 0.1) is 11.1 Å². The molecule has 1 N–H and O–H groups in total. The molecule has 14 heavy (non-hydrogen) atoms. The van der Waals surface area contributed by atoms with Crippen molar-refractivity contribution in [2.75, 3.05) is 0 Å². The topological polar surface area (TPSA) is 49.7 Å². The van der Waals surface area contributed by atoms with E-state index in [1.807, 2.05) is 20.8 Å². The minimum absolute atomic E-state index is 0.0306. The van der Waals surface area contributed by atoms with E-state index < -0.39 is 0 Å². The van der Waals surface area contributed by atoms with Crippen LogP contribution in [0.2, 0.25) is 0 Å². The highest BCUT2D eigenvalue weighted by Crippen LogP contribution is 2.12. The van der Waals surface area contributed by atoms with Crippen LogP contribution in [0.1, 0.15) is 41.5 Å². The summed E-state index contributed by atoms with van der Waals surface area (Å²) in [6.07, 6.45) is 0. The highest BCUT2D eigenvalue weighted by Gasteiger charge is 2.15. The van der Waals surface area contributed by atoms with E-state index in [9.17, 15) is 9.90 Å². The van der Waals surface area contributed by atoms with Gasteiger partial charge >= 0.3 is 0 Å². The molecule has 0 saturated carbocycles. The maximum atomic E-state index is 11.2. The molecule has 0 atom stereocenters. The lowest BCUT2D eigenvalue weighted by Gasteiger charge is -2.15. The minimum Gasteiger partial charge on any atom is -0.512 e. The van der Waals surface area contributed by atoms with Gasteiger partial charge in [-0.25, -0.2) is 0 Å². The maximum absolute atomic E-state index is 11.2. The zero-order valence-electron chi connectivity index (χ0n) is 9.80. The monoisotopic (exact) mass is 197 g/mol. The first-order valence-electron chi connectivity index (χ1n) is 4.62. The molecular formula is C11H19NO2. The molecule has 0 unspecified atom stereocenters. The van der Waals surface area contributed by atoms with Crippen LogP contribution in [0.5, 0.6) is 0 Å². The van der Waals surface area contributed by atoms with E-state index in [0.29, 0.717) is 11.3 Å². The Balaban J connectivity index is 5.20. The second kappa shape index (κ2) is 4.40. The number of allylic oxidation sites excluding steroid dienone is 2. The summed E-state index contributed by atoms with van der Waals surface area (Å²) in [6.45, 7) is 10.5. The summed E-state index contributed by atoms with van der Waals surface area (Å²) >= 11 is 0. The number of aliphatic imine (C=N–C) groups is 1. The summed E-state index contributed by atoms with van der Waals surface area (Å²) < 4.78 is 0. The van der Waals surface area contributed by atoms with Gasteiger partial charge in [-0.15, -0.1) is 0 Å². The number of ketones is 1. The molecule has 0 amide bonds. The van der Waals surface area contributed by atoms with Gasteiger partial charge in [-0.2, -0.15) is 0 Å². The summed E-state index contributed by atoms with van der Waals surface area (Å²) in [7, 11) is 0. The third-order valence-corrected chi connectivity index (χ3v) is 1.58. The number of rotatable bonds is 2. The molecule has 0 rings (SSSR count). The van der Waals surface area contributed by atoms with Crippen molar-refractivity contribution in [2.24, 2.45) is 4.99 Å². The Morgan fingerprint density at radius 3 is 1.79 bits per heavy atom. The minimum atomic E-state index is -0.236. The predicted molar refractivity (Wildman–Crippen MR) is 58.9 cm³/mol. The fourth-order valence-corrected chi connectivity index (χ4v) is 1.33. The molecule has 0 aromatic rings. The van der Waals surface area contributed by atoms with E-state index in [2.05, 4.69) is 4.99 Å². The quantitative estimate of drug-likeness (QED) is 0.420. The Bertz CT molecular complexity index is 289. The van der Waals surface area contributed by atoms with Crippen molar-refractivity contribution in [3.05, 3.63) is 11.3 Å². The summed E-state index contributed by atoms with van der Waals surface area (Å²) in [5.74, 6) is -0.126. The van der Waals surface area contributed by atoms with Crippen molar-refractivity contribution in [2.45, 2.75) is 47.1 Å². The number of hydrogen-bond acceptors (Lipinski definition) is 3. The second-order valence-corrected chi connectivity index (χ2v) is 4.38. The Kier molecular flexibility index (Phi) is 4.05. The van der Waals surface area contributed by atoms with Crippen LogP contribution >= 0.6 is 0 Å². The van der Waals surface area contributed by atoms with Crippen molar-refractivity contribution < 1.29 is 9.90 Å². The SMILES string of the molecule is CC(=O)/C(C(C)=NC(C)(C)C)=C(/C)O. The predicted octanol–water partition coefficient (Wildman–Crippen LogP) is 2.67. The Hall–Kier alpha value is -1.12. The number of aliphatic hydroxyl groups excluding tert-OH is 1. The van der Waals surface area contributed by atoms with Gasteiger partial charge in [-0.3, -0.25) is 9.79 Å². The molecule has 0 radical (unpaired) electrons. The Morgan fingerprint density at radius 2 is 1.57 bits per heavy atom. The van der Waals surface area contributed by atoms with E-state index in [4.69, 9.17) is 0 Å². The molecule has 0 aliphatic rings. The van der Waals surface area contributed by atoms with Crippen LogP contribution in [0.3, 0.4) is 0 Å². The van der Waals surface area contributed by atoms with Crippen molar-refractivity contribution in [3.63, 3.8) is 0 Å². The van der Waals surface area contributed by atoms with Crippen molar-refractivity contribution >= 4 is 11.5 Å². The van der Waals surface area contributed by atoms with Crippen LogP contribution in [0.15, 0.2) is 16.3 Å². The van der Waals surface area contributed by atoms with Gasteiger partial charge < -0.3 is 5.11 Å². The first-order chi connectivity index (χ1) is 6.15. The molecule has 3 heteroatoms. The fourth-order valence-electron chi connectivity index (χ4n) is 1.33. The molecular weight excluding hydrogens is 178 g/mol. The smallest absolute Gasteiger partial charge is 0.164 e. The van der Waals surface area contributed by atoms with E-state index in [0.717, 1.165) is 0 Å². The first kappa shape index (κ1) is 12.9. The number of carbonyl (C=O) groups excluding carboxylic acids is 1. The van der Waals surface area contributed by atoms with Crippen LogP contribution in [-0.4, -0.2) is 22.1 Å². The van der Waals surface area contributed by atoms with Crippen LogP contribution in [-0.2, 0) is 4.79 Å². The van der Waals surface area contributed by atoms with Crippen LogP contribution in [0.4, 0.5) is 0 Å². The lowest BCUT2D eigenvalue weighted by molar-refractivity contribution is -0.113. The highest BCUT2D eigenvalue weighted by molar-refractivity contribution is 6.21. The number of Topliss-reactive ketones (excluding diaryl/α,β-unsaturated/α-hetero) is 1. The lowest BCUT2D eigenvalue weighted by Crippen LogP contribution is -2.17. The summed E-state index contributed by atoms with van der Waals surface area (Å²) in [4.78, 5) is 15.5. The van der Waals surface area contributed by atoms with E-state index in [1.165, 1.54) is 13.8 Å². The third-order valence-electron chi connectivity index (χ3n) is 1.58. The summed E-state index contributed by atoms with van der Waals surface area (Å²) in [5, 5.41) is 9.33.